The zero-order valence-corrected chi connectivity index (χ0v) is 17.5. The number of nitrogens with zero attached hydrogens (tertiary/aromatic N) is 3. The van der Waals surface area contributed by atoms with Crippen molar-refractivity contribution in [1.82, 2.24) is 15.4 Å². The normalized spacial score (nSPS) is 12.1. The van der Waals surface area contributed by atoms with Crippen LogP contribution in [-0.4, -0.2) is 21.4 Å². The van der Waals surface area contributed by atoms with Crippen molar-refractivity contribution in [3.05, 3.63) is 102 Å². The SMILES string of the molecule is C=C(N=CNN)c1sc(-c2ccncc2)cc1C(O)c1ccc(-c2cccnc2)cc1. The van der Waals surface area contributed by atoms with Crippen LogP contribution in [0.15, 0.2) is 91.0 Å². The molecule has 3 heterocycles. The van der Waals surface area contributed by atoms with Gasteiger partial charge in [-0.2, -0.15) is 0 Å². The number of pyridine rings is 2. The van der Waals surface area contributed by atoms with Gasteiger partial charge in [-0.25, -0.2) is 10.8 Å². The highest BCUT2D eigenvalue weighted by molar-refractivity contribution is 7.16. The summed E-state index contributed by atoms with van der Waals surface area (Å²) in [6.45, 7) is 4.05. The Bertz CT molecular complexity index is 1190. The van der Waals surface area contributed by atoms with Gasteiger partial charge in [0.1, 0.15) is 12.4 Å². The van der Waals surface area contributed by atoms with E-state index in [1.165, 1.54) is 17.7 Å². The predicted molar refractivity (Wildman–Crippen MR) is 126 cm³/mol. The van der Waals surface area contributed by atoms with E-state index in [9.17, 15) is 5.11 Å². The van der Waals surface area contributed by atoms with E-state index in [1.54, 1.807) is 18.6 Å². The number of nitrogens with one attached hydrogen (secondary N) is 1. The summed E-state index contributed by atoms with van der Waals surface area (Å²) in [5.74, 6) is 5.30. The van der Waals surface area contributed by atoms with Crippen molar-refractivity contribution in [3.8, 4) is 21.6 Å². The van der Waals surface area contributed by atoms with E-state index in [-0.39, 0.29) is 0 Å². The number of nitrogens with two attached hydrogens (primary N) is 1. The van der Waals surface area contributed by atoms with Gasteiger partial charge in [-0.05, 0) is 46.5 Å². The Kier molecular flexibility index (Phi) is 6.28. The first-order chi connectivity index (χ1) is 15.2. The number of benzene rings is 1. The molecular formula is C24H21N5OS. The molecule has 0 saturated carbocycles. The molecule has 4 N–H and O–H groups in total. The quantitative estimate of drug-likeness (QED) is 0.176. The first kappa shape index (κ1) is 20.6. The zero-order valence-electron chi connectivity index (χ0n) is 16.6. The number of aliphatic hydroxyl groups excluding tert-OH is 1. The van der Waals surface area contributed by atoms with Gasteiger partial charge in [0.05, 0.1) is 10.6 Å². The zero-order chi connectivity index (χ0) is 21.6. The second kappa shape index (κ2) is 9.44. The molecule has 7 heteroatoms. The Morgan fingerprint density at radius 1 is 1.03 bits per heavy atom. The van der Waals surface area contributed by atoms with Gasteiger partial charge in [-0.15, -0.1) is 11.3 Å². The minimum absolute atomic E-state index is 0.518. The Morgan fingerprint density at radius 3 is 2.48 bits per heavy atom. The largest absolute Gasteiger partial charge is 0.384 e. The average molecular weight is 428 g/mol. The first-order valence-electron chi connectivity index (χ1n) is 9.58. The van der Waals surface area contributed by atoms with Crippen LogP contribution in [0.1, 0.15) is 22.1 Å². The van der Waals surface area contributed by atoms with Crippen molar-refractivity contribution in [2.24, 2.45) is 10.8 Å². The number of aromatic nitrogens is 2. The van der Waals surface area contributed by atoms with E-state index < -0.39 is 6.10 Å². The van der Waals surface area contributed by atoms with E-state index >= 15 is 0 Å². The number of aliphatic hydroxyl groups is 1. The molecule has 0 aliphatic heterocycles. The fourth-order valence-electron chi connectivity index (χ4n) is 3.24. The second-order valence-corrected chi connectivity index (χ2v) is 7.82. The molecular weight excluding hydrogens is 406 g/mol. The van der Waals surface area contributed by atoms with Crippen molar-refractivity contribution < 1.29 is 5.11 Å². The van der Waals surface area contributed by atoms with Gasteiger partial charge in [0.2, 0.25) is 0 Å². The van der Waals surface area contributed by atoms with Crippen molar-refractivity contribution in [2.75, 3.05) is 0 Å². The fraction of sp³-hybridized carbons (Fsp3) is 0.0417. The van der Waals surface area contributed by atoms with Gasteiger partial charge in [0.15, 0.2) is 0 Å². The molecule has 6 nitrogen and oxygen atoms in total. The number of hydrogen-bond donors (Lipinski definition) is 3. The highest BCUT2D eigenvalue weighted by atomic mass is 32.1. The maximum absolute atomic E-state index is 11.2. The molecule has 3 aromatic heterocycles. The molecule has 1 aromatic carbocycles. The summed E-state index contributed by atoms with van der Waals surface area (Å²) in [7, 11) is 0. The average Bonchev–Trinajstić information content (AvgIpc) is 3.29. The topological polar surface area (TPSA) is 96.4 Å². The van der Waals surface area contributed by atoms with Crippen LogP contribution < -0.4 is 11.3 Å². The van der Waals surface area contributed by atoms with Crippen LogP contribution in [0.2, 0.25) is 0 Å². The number of rotatable bonds is 7. The van der Waals surface area contributed by atoms with Gasteiger partial charge in [-0.1, -0.05) is 36.9 Å². The molecule has 0 aliphatic carbocycles. The molecule has 0 aliphatic rings. The molecule has 0 spiro atoms. The standard InChI is InChI=1S/C24H21N5OS/c1-16(28-15-29-25)24-21(13-22(31-24)18-8-11-26-12-9-18)23(30)19-6-4-17(5-7-19)20-3-2-10-27-14-20/h2-15,23,30H,1,25H2,(H,28,29). The lowest BCUT2D eigenvalue weighted by Gasteiger charge is -2.13. The van der Waals surface area contributed by atoms with Crippen LogP contribution in [-0.2, 0) is 0 Å². The van der Waals surface area contributed by atoms with Crippen LogP contribution in [0.5, 0.6) is 0 Å². The van der Waals surface area contributed by atoms with E-state index in [1.807, 2.05) is 60.8 Å². The summed E-state index contributed by atoms with van der Waals surface area (Å²) in [6, 6.07) is 17.6. The molecule has 1 atom stereocenters. The minimum atomic E-state index is -0.831. The summed E-state index contributed by atoms with van der Waals surface area (Å²) in [5.41, 5.74) is 7.50. The van der Waals surface area contributed by atoms with Gasteiger partial charge >= 0.3 is 0 Å². The third kappa shape index (κ3) is 4.59. The lowest BCUT2D eigenvalue weighted by atomic mass is 9.98. The van der Waals surface area contributed by atoms with Crippen molar-refractivity contribution >= 4 is 23.4 Å². The third-order valence-corrected chi connectivity index (χ3v) is 6.05. The second-order valence-electron chi connectivity index (χ2n) is 6.77. The van der Waals surface area contributed by atoms with E-state index in [0.717, 1.165) is 37.6 Å². The summed E-state index contributed by atoms with van der Waals surface area (Å²) in [6.07, 6.45) is 7.59. The summed E-state index contributed by atoms with van der Waals surface area (Å²) in [4.78, 5) is 14.3. The molecule has 4 aromatic rings. The van der Waals surface area contributed by atoms with Crippen molar-refractivity contribution in [3.63, 3.8) is 0 Å². The molecule has 0 bridgehead atoms. The third-order valence-electron chi connectivity index (χ3n) is 4.80. The molecule has 31 heavy (non-hydrogen) atoms. The fourth-order valence-corrected chi connectivity index (χ4v) is 4.36. The van der Waals surface area contributed by atoms with E-state index in [0.29, 0.717) is 5.70 Å². The molecule has 0 amide bonds. The number of thiophene rings is 1. The van der Waals surface area contributed by atoms with Crippen LogP contribution in [0.3, 0.4) is 0 Å². The van der Waals surface area contributed by atoms with Crippen molar-refractivity contribution in [2.45, 2.75) is 6.10 Å². The maximum atomic E-state index is 11.2. The monoisotopic (exact) mass is 427 g/mol. The molecule has 4 rings (SSSR count). The molecule has 0 fully saturated rings. The predicted octanol–water partition coefficient (Wildman–Crippen LogP) is 4.42. The lowest BCUT2D eigenvalue weighted by molar-refractivity contribution is 0.220. The highest BCUT2D eigenvalue weighted by Crippen LogP contribution is 2.40. The summed E-state index contributed by atoms with van der Waals surface area (Å²) in [5, 5.41) is 11.2. The Labute approximate surface area is 184 Å². The van der Waals surface area contributed by atoms with Crippen LogP contribution in [0.25, 0.3) is 27.3 Å². The maximum Gasteiger partial charge on any atom is 0.106 e. The Hall–Kier alpha value is -3.65. The minimum Gasteiger partial charge on any atom is -0.384 e. The Balaban J connectivity index is 1.70. The van der Waals surface area contributed by atoms with Gasteiger partial charge < -0.3 is 10.5 Å². The number of hydrogen-bond acceptors (Lipinski definition) is 6. The molecule has 0 saturated heterocycles. The number of hydrazine groups is 1. The van der Waals surface area contributed by atoms with Crippen LogP contribution in [0, 0.1) is 0 Å². The van der Waals surface area contributed by atoms with E-state index in [4.69, 9.17) is 5.84 Å². The smallest absolute Gasteiger partial charge is 0.106 e. The van der Waals surface area contributed by atoms with Crippen LogP contribution >= 0.6 is 11.3 Å². The lowest BCUT2D eigenvalue weighted by Crippen LogP contribution is -2.18. The summed E-state index contributed by atoms with van der Waals surface area (Å²) < 4.78 is 0. The van der Waals surface area contributed by atoms with Gasteiger partial charge in [0.25, 0.3) is 0 Å². The van der Waals surface area contributed by atoms with Crippen molar-refractivity contribution in [1.29, 1.82) is 0 Å². The van der Waals surface area contributed by atoms with Gasteiger partial charge in [-0.3, -0.25) is 9.97 Å². The van der Waals surface area contributed by atoms with Crippen LogP contribution in [0.4, 0.5) is 0 Å². The van der Waals surface area contributed by atoms with Gasteiger partial charge in [0, 0.05) is 35.2 Å². The summed E-state index contributed by atoms with van der Waals surface area (Å²) >= 11 is 1.52. The molecule has 154 valence electrons. The highest BCUT2D eigenvalue weighted by Gasteiger charge is 2.21. The van der Waals surface area contributed by atoms with E-state index in [2.05, 4.69) is 27.0 Å². The first-order valence-corrected chi connectivity index (χ1v) is 10.4. The molecule has 0 radical (unpaired) electrons. The Morgan fingerprint density at radius 2 is 1.81 bits per heavy atom. The molecule has 1 unspecified atom stereocenters. The number of aliphatic imine (C=N–C) groups is 1.